The molecular formula is C21H23F3N8O5. The van der Waals surface area contributed by atoms with E-state index in [1.54, 1.807) is 0 Å². The predicted molar refractivity (Wildman–Crippen MR) is 119 cm³/mol. The Bertz CT molecular complexity index is 1230. The van der Waals surface area contributed by atoms with Gasteiger partial charge in [-0.1, -0.05) is 12.1 Å². The number of halogens is 3. The Hall–Kier alpha value is -3.92. The molecule has 5 rings (SSSR count). The molecule has 1 aromatic carbocycles. The van der Waals surface area contributed by atoms with Gasteiger partial charge in [-0.2, -0.15) is 13.2 Å². The van der Waals surface area contributed by atoms with Crippen LogP contribution in [0.5, 0.6) is 0 Å². The van der Waals surface area contributed by atoms with Crippen LogP contribution in [0, 0.1) is 0 Å². The molecule has 1 unspecified atom stereocenters. The highest BCUT2D eigenvalue weighted by atomic mass is 19.4. The average molecular weight is 524 g/mol. The van der Waals surface area contributed by atoms with Crippen LogP contribution in [0.15, 0.2) is 34.3 Å². The molecular weight excluding hydrogens is 501 g/mol. The van der Waals surface area contributed by atoms with Gasteiger partial charge in [-0.05, 0) is 12.1 Å². The molecule has 198 valence electrons. The van der Waals surface area contributed by atoms with Gasteiger partial charge in [0.05, 0.1) is 23.7 Å². The van der Waals surface area contributed by atoms with Crippen molar-refractivity contribution in [2.75, 3.05) is 13.1 Å². The van der Waals surface area contributed by atoms with Crippen molar-refractivity contribution in [1.82, 2.24) is 20.4 Å². The van der Waals surface area contributed by atoms with Gasteiger partial charge in [0.2, 0.25) is 17.6 Å². The van der Waals surface area contributed by atoms with E-state index in [9.17, 15) is 37.8 Å². The summed E-state index contributed by atoms with van der Waals surface area (Å²) < 4.78 is 40.3. The predicted octanol–water partition coefficient (Wildman–Crippen LogP) is -2.37. The summed E-state index contributed by atoms with van der Waals surface area (Å²) in [6.07, 6.45) is -4.79. The van der Waals surface area contributed by atoms with Crippen LogP contribution in [0.4, 0.5) is 13.2 Å². The average Bonchev–Trinajstić information content (AvgIpc) is 3.41. The summed E-state index contributed by atoms with van der Waals surface area (Å²) in [6.45, 7) is -0.647. The lowest BCUT2D eigenvalue weighted by atomic mass is 9.84. The lowest BCUT2D eigenvalue weighted by Crippen LogP contribution is -2.78. The standard InChI is InChI=1S/C21H23F3N8O5/c22-21(23,24)10-4-2-1-3-9(10)16(35)28-12-8-32-18(26)27-11(7-31-13(33)5-6-14(31)34)15-19(32,20(12,36)37)30-17(25)29-15/h1-4,11-12,15,36-37H,5-8H2,(H2,26,27)(H,28,35)(H3,25,29,30)/t11-,12-,15?,19-/m0/s1. The quantitative estimate of drug-likeness (QED) is 0.184. The fourth-order valence-electron chi connectivity index (χ4n) is 5.41. The van der Waals surface area contributed by atoms with Crippen molar-refractivity contribution >= 4 is 29.6 Å². The highest BCUT2D eigenvalue weighted by molar-refractivity contribution is 6.02. The lowest BCUT2D eigenvalue weighted by Gasteiger charge is -2.49. The topological polar surface area (TPSA) is 199 Å². The molecule has 4 atom stereocenters. The summed E-state index contributed by atoms with van der Waals surface area (Å²) in [5.74, 6) is -5.44. The number of carbonyl (C=O) groups is 3. The summed E-state index contributed by atoms with van der Waals surface area (Å²) in [6, 6.07) is 0.247. The third-order valence-electron chi connectivity index (χ3n) is 7.11. The van der Waals surface area contributed by atoms with Crippen molar-refractivity contribution in [2.24, 2.45) is 21.5 Å². The zero-order valence-electron chi connectivity index (χ0n) is 19.1. The summed E-state index contributed by atoms with van der Waals surface area (Å²) in [5.41, 5.74) is 8.09. The Labute approximate surface area is 207 Å². The minimum atomic E-state index is -4.83. The largest absolute Gasteiger partial charge is 0.417 e. The van der Waals surface area contributed by atoms with Gasteiger partial charge in [-0.15, -0.1) is 0 Å². The third kappa shape index (κ3) is 3.58. The second-order valence-corrected chi connectivity index (χ2v) is 9.21. The number of nitrogens with zero attached hydrogens (tertiary/aromatic N) is 4. The number of benzene rings is 1. The Morgan fingerprint density at radius 2 is 1.81 bits per heavy atom. The van der Waals surface area contributed by atoms with Crippen molar-refractivity contribution in [3.63, 3.8) is 0 Å². The number of rotatable bonds is 4. The van der Waals surface area contributed by atoms with Gasteiger partial charge in [-0.25, -0.2) is 9.98 Å². The Morgan fingerprint density at radius 3 is 2.46 bits per heavy atom. The first-order valence-electron chi connectivity index (χ1n) is 11.2. The number of imide groups is 1. The molecule has 4 aliphatic rings. The van der Waals surface area contributed by atoms with Crippen LogP contribution in [0.3, 0.4) is 0 Å². The molecule has 0 saturated carbocycles. The monoisotopic (exact) mass is 524 g/mol. The highest BCUT2D eigenvalue weighted by Gasteiger charge is 2.73. The van der Waals surface area contributed by atoms with E-state index in [-0.39, 0.29) is 37.9 Å². The van der Waals surface area contributed by atoms with Gasteiger partial charge < -0.3 is 37.2 Å². The van der Waals surface area contributed by atoms with Gasteiger partial charge >= 0.3 is 6.18 Å². The van der Waals surface area contributed by atoms with E-state index in [4.69, 9.17) is 11.5 Å². The molecule has 1 aromatic rings. The van der Waals surface area contributed by atoms with Gasteiger partial charge in [-0.3, -0.25) is 19.3 Å². The van der Waals surface area contributed by atoms with Gasteiger partial charge in [0.15, 0.2) is 17.6 Å². The Balaban J connectivity index is 1.47. The summed E-state index contributed by atoms with van der Waals surface area (Å²) >= 11 is 0. The van der Waals surface area contributed by atoms with Crippen LogP contribution >= 0.6 is 0 Å². The molecule has 0 radical (unpaired) electrons. The number of carbonyl (C=O) groups excluding carboxylic acids is 3. The van der Waals surface area contributed by atoms with Crippen LogP contribution in [0.2, 0.25) is 0 Å². The SMILES string of the molecule is NC1=NC2[C@H](CN3C(=O)CCC3=O)N=C(N)N3C[C@H](NC(=O)c4ccccc4C(F)(F)F)C(O)(O)[C@]23N1. The van der Waals surface area contributed by atoms with Crippen molar-refractivity contribution in [3.05, 3.63) is 35.4 Å². The Kier molecular flexibility index (Phi) is 5.38. The Morgan fingerprint density at radius 1 is 1.16 bits per heavy atom. The molecule has 37 heavy (non-hydrogen) atoms. The van der Waals surface area contributed by atoms with Crippen LogP contribution in [0.1, 0.15) is 28.8 Å². The van der Waals surface area contributed by atoms with E-state index >= 15 is 0 Å². The second kappa shape index (κ2) is 8.04. The molecule has 0 bridgehead atoms. The smallest absolute Gasteiger partial charge is 0.370 e. The summed E-state index contributed by atoms with van der Waals surface area (Å²) in [5, 5.41) is 27.7. The maximum absolute atomic E-state index is 13.4. The minimum absolute atomic E-state index is 0.0216. The fraction of sp³-hybridized carbons (Fsp3) is 0.476. The van der Waals surface area contributed by atoms with E-state index in [2.05, 4.69) is 20.6 Å². The second-order valence-electron chi connectivity index (χ2n) is 9.21. The molecule has 4 heterocycles. The lowest BCUT2D eigenvalue weighted by molar-refractivity contribution is -0.230. The molecule has 8 N–H and O–H groups in total. The van der Waals surface area contributed by atoms with Gasteiger partial charge in [0.25, 0.3) is 5.91 Å². The zero-order chi connectivity index (χ0) is 26.9. The number of aliphatic imine (C=N–C) groups is 2. The van der Waals surface area contributed by atoms with E-state index in [1.807, 2.05) is 0 Å². The van der Waals surface area contributed by atoms with Crippen LogP contribution in [-0.4, -0.2) is 92.3 Å². The van der Waals surface area contributed by atoms with Gasteiger partial charge in [0.1, 0.15) is 12.1 Å². The maximum Gasteiger partial charge on any atom is 0.417 e. The number of likely N-dealkylation sites (tertiary alicyclic amines) is 1. The first-order valence-corrected chi connectivity index (χ1v) is 11.2. The van der Waals surface area contributed by atoms with Crippen molar-refractivity contribution in [1.29, 1.82) is 0 Å². The zero-order valence-corrected chi connectivity index (χ0v) is 19.1. The maximum atomic E-state index is 13.4. The summed E-state index contributed by atoms with van der Waals surface area (Å²) in [7, 11) is 0. The minimum Gasteiger partial charge on any atom is -0.370 e. The number of nitrogens with two attached hydrogens (primary N) is 2. The number of hydrogen-bond donors (Lipinski definition) is 6. The molecule has 1 spiro atoms. The van der Waals surface area contributed by atoms with Crippen molar-refractivity contribution in [2.45, 2.75) is 48.6 Å². The van der Waals surface area contributed by atoms with E-state index in [0.29, 0.717) is 0 Å². The highest BCUT2D eigenvalue weighted by Crippen LogP contribution is 2.45. The van der Waals surface area contributed by atoms with E-state index in [0.717, 1.165) is 23.1 Å². The van der Waals surface area contributed by atoms with Gasteiger partial charge in [0, 0.05) is 19.4 Å². The number of aliphatic hydroxyl groups is 2. The summed E-state index contributed by atoms with van der Waals surface area (Å²) in [4.78, 5) is 47.9. The number of alkyl halides is 3. The molecule has 16 heteroatoms. The number of amides is 3. The van der Waals surface area contributed by atoms with Crippen LogP contribution < -0.4 is 22.1 Å². The molecule has 0 aliphatic carbocycles. The number of guanidine groups is 2. The van der Waals surface area contributed by atoms with Crippen LogP contribution in [0.25, 0.3) is 0 Å². The molecule has 13 nitrogen and oxygen atoms in total. The molecule has 2 saturated heterocycles. The number of hydrogen-bond acceptors (Lipinski definition) is 11. The third-order valence-corrected chi connectivity index (χ3v) is 7.11. The van der Waals surface area contributed by atoms with Crippen molar-refractivity contribution < 1.29 is 37.8 Å². The van der Waals surface area contributed by atoms with E-state index in [1.165, 1.54) is 11.0 Å². The first-order chi connectivity index (χ1) is 17.3. The number of nitrogens with one attached hydrogen (secondary N) is 2. The first kappa shape index (κ1) is 24.8. The van der Waals surface area contributed by atoms with E-state index < -0.39 is 64.6 Å². The molecule has 2 fully saturated rings. The normalized spacial score (nSPS) is 30.5. The fourth-order valence-corrected chi connectivity index (χ4v) is 5.41. The van der Waals surface area contributed by atoms with Crippen molar-refractivity contribution in [3.8, 4) is 0 Å². The molecule has 0 aromatic heterocycles. The van der Waals surface area contributed by atoms with Crippen LogP contribution in [-0.2, 0) is 15.8 Å². The molecule has 3 amide bonds. The molecule has 4 aliphatic heterocycles.